The van der Waals surface area contributed by atoms with Gasteiger partial charge in [-0.15, -0.1) is 0 Å². The van der Waals surface area contributed by atoms with E-state index >= 15 is 0 Å². The summed E-state index contributed by atoms with van der Waals surface area (Å²) in [5.41, 5.74) is 3.84. The third-order valence-corrected chi connectivity index (χ3v) is 2.92. The Morgan fingerprint density at radius 1 is 1.12 bits per heavy atom. The van der Waals surface area contributed by atoms with Crippen molar-refractivity contribution >= 4 is 0 Å². The highest BCUT2D eigenvalue weighted by atomic mass is 16.5. The molecule has 0 aliphatic rings. The maximum atomic E-state index is 5.94. The number of rotatable bonds is 5. The smallest absolute Gasteiger partial charge is 0.122 e. The van der Waals surface area contributed by atoms with Gasteiger partial charge in [-0.25, -0.2) is 0 Å². The fourth-order valence-corrected chi connectivity index (χ4v) is 1.68. The maximum absolute atomic E-state index is 5.94. The van der Waals surface area contributed by atoms with Crippen LogP contribution in [-0.4, -0.2) is 19.7 Å². The van der Waals surface area contributed by atoms with Crippen LogP contribution in [0.5, 0.6) is 5.75 Å². The van der Waals surface area contributed by atoms with E-state index in [9.17, 15) is 0 Å². The van der Waals surface area contributed by atoms with E-state index in [1.807, 2.05) is 7.05 Å². The number of ether oxygens (including phenoxy) is 1. The van der Waals surface area contributed by atoms with Gasteiger partial charge < -0.3 is 10.1 Å². The first-order chi connectivity index (χ1) is 7.54. The molecule has 0 saturated heterocycles. The predicted molar refractivity (Wildman–Crippen MR) is 69.3 cm³/mol. The minimum Gasteiger partial charge on any atom is -0.490 e. The summed E-state index contributed by atoms with van der Waals surface area (Å²) < 4.78 is 5.94. The maximum Gasteiger partial charge on any atom is 0.122 e. The molecule has 1 N–H and O–H groups in total. The Hall–Kier alpha value is -1.02. The molecule has 0 aromatic heterocycles. The van der Waals surface area contributed by atoms with Crippen molar-refractivity contribution < 1.29 is 4.74 Å². The highest BCUT2D eigenvalue weighted by Gasteiger charge is 2.07. The van der Waals surface area contributed by atoms with Gasteiger partial charge in [0, 0.05) is 0 Å². The molecule has 1 aromatic rings. The average molecular weight is 221 g/mol. The van der Waals surface area contributed by atoms with E-state index in [2.05, 4.69) is 45.1 Å². The van der Waals surface area contributed by atoms with Crippen molar-refractivity contribution in [1.29, 1.82) is 0 Å². The molecular formula is C14H23NO. The van der Waals surface area contributed by atoms with Gasteiger partial charge in [-0.2, -0.15) is 0 Å². The second kappa shape index (κ2) is 5.90. The highest BCUT2D eigenvalue weighted by molar-refractivity contribution is 5.40. The van der Waals surface area contributed by atoms with Gasteiger partial charge in [-0.1, -0.05) is 6.07 Å². The lowest BCUT2D eigenvalue weighted by atomic mass is 10.1. The third-order valence-electron chi connectivity index (χ3n) is 2.92. The monoisotopic (exact) mass is 221 g/mol. The van der Waals surface area contributed by atoms with Crippen LogP contribution in [-0.2, 0) is 0 Å². The van der Waals surface area contributed by atoms with Crippen molar-refractivity contribution in [3.05, 3.63) is 28.8 Å². The topological polar surface area (TPSA) is 21.3 Å². The summed E-state index contributed by atoms with van der Waals surface area (Å²) in [6.45, 7) is 9.47. The molecule has 0 heterocycles. The molecule has 0 amide bonds. The Bertz CT molecular complexity index is 347. The number of hydrogen-bond acceptors (Lipinski definition) is 2. The highest BCUT2D eigenvalue weighted by Crippen LogP contribution is 2.23. The van der Waals surface area contributed by atoms with Crippen molar-refractivity contribution in [2.24, 2.45) is 0 Å². The van der Waals surface area contributed by atoms with Crippen LogP contribution in [0.1, 0.15) is 30.0 Å². The van der Waals surface area contributed by atoms with E-state index in [0.29, 0.717) is 0 Å². The molecule has 90 valence electrons. The van der Waals surface area contributed by atoms with Crippen LogP contribution in [0.3, 0.4) is 0 Å². The molecule has 0 radical (unpaired) electrons. The lowest BCUT2D eigenvalue weighted by Gasteiger charge is -2.17. The average Bonchev–Trinajstić information content (AvgIpc) is 2.23. The zero-order chi connectivity index (χ0) is 12.1. The van der Waals surface area contributed by atoms with Crippen LogP contribution < -0.4 is 10.1 Å². The molecule has 0 bridgehead atoms. The van der Waals surface area contributed by atoms with Gasteiger partial charge in [0.15, 0.2) is 0 Å². The Balaban J connectivity index is 2.69. The van der Waals surface area contributed by atoms with Gasteiger partial charge in [0.1, 0.15) is 5.75 Å². The standard InChI is InChI=1S/C14H23NO/c1-10-8-12(3)14(9-11(10)2)16-13(4)6-7-15-5/h8-9,13,15H,6-7H2,1-5H3. The summed E-state index contributed by atoms with van der Waals surface area (Å²) in [5, 5.41) is 3.14. The van der Waals surface area contributed by atoms with Gasteiger partial charge in [0.05, 0.1) is 6.10 Å². The molecule has 1 aromatic carbocycles. The molecule has 0 spiro atoms. The number of hydrogen-bond donors (Lipinski definition) is 1. The van der Waals surface area contributed by atoms with Crippen LogP contribution in [0.15, 0.2) is 12.1 Å². The van der Waals surface area contributed by atoms with Crippen molar-refractivity contribution in [2.45, 2.75) is 40.2 Å². The fourth-order valence-electron chi connectivity index (χ4n) is 1.68. The number of benzene rings is 1. The van der Waals surface area contributed by atoms with Gasteiger partial charge >= 0.3 is 0 Å². The van der Waals surface area contributed by atoms with Gasteiger partial charge in [0.2, 0.25) is 0 Å². The summed E-state index contributed by atoms with van der Waals surface area (Å²) in [6.07, 6.45) is 1.29. The Kier molecular flexibility index (Phi) is 4.81. The van der Waals surface area contributed by atoms with E-state index in [-0.39, 0.29) is 6.10 Å². The molecule has 0 aliphatic heterocycles. The summed E-state index contributed by atoms with van der Waals surface area (Å²) in [7, 11) is 1.97. The first kappa shape index (κ1) is 13.0. The van der Waals surface area contributed by atoms with Crippen molar-refractivity contribution in [2.75, 3.05) is 13.6 Å². The Morgan fingerprint density at radius 3 is 2.38 bits per heavy atom. The van der Waals surface area contributed by atoms with E-state index in [0.717, 1.165) is 18.7 Å². The first-order valence-corrected chi connectivity index (χ1v) is 5.93. The predicted octanol–water partition coefficient (Wildman–Crippen LogP) is 2.99. The zero-order valence-electron chi connectivity index (χ0n) is 11.1. The van der Waals surface area contributed by atoms with Crippen molar-refractivity contribution in [3.63, 3.8) is 0 Å². The van der Waals surface area contributed by atoms with E-state index in [1.165, 1.54) is 16.7 Å². The van der Waals surface area contributed by atoms with Crippen molar-refractivity contribution in [3.8, 4) is 5.75 Å². The second-order valence-corrected chi connectivity index (χ2v) is 4.52. The second-order valence-electron chi connectivity index (χ2n) is 4.52. The lowest BCUT2D eigenvalue weighted by molar-refractivity contribution is 0.209. The minimum absolute atomic E-state index is 0.258. The van der Waals surface area contributed by atoms with E-state index < -0.39 is 0 Å². The first-order valence-electron chi connectivity index (χ1n) is 5.93. The Morgan fingerprint density at radius 2 is 1.75 bits per heavy atom. The Labute approximate surface area is 99.0 Å². The zero-order valence-corrected chi connectivity index (χ0v) is 11.1. The molecule has 2 nitrogen and oxygen atoms in total. The van der Waals surface area contributed by atoms with E-state index in [4.69, 9.17) is 4.74 Å². The van der Waals surface area contributed by atoms with Gasteiger partial charge in [-0.3, -0.25) is 0 Å². The summed E-state index contributed by atoms with van der Waals surface area (Å²) in [5.74, 6) is 1.02. The summed E-state index contributed by atoms with van der Waals surface area (Å²) in [6, 6.07) is 4.33. The van der Waals surface area contributed by atoms with Crippen LogP contribution >= 0.6 is 0 Å². The molecule has 2 heteroatoms. The van der Waals surface area contributed by atoms with Crippen molar-refractivity contribution in [1.82, 2.24) is 5.32 Å². The van der Waals surface area contributed by atoms with Crippen LogP contribution in [0.2, 0.25) is 0 Å². The molecule has 0 fully saturated rings. The van der Waals surface area contributed by atoms with Crippen LogP contribution in [0.25, 0.3) is 0 Å². The minimum atomic E-state index is 0.258. The fraction of sp³-hybridized carbons (Fsp3) is 0.571. The number of nitrogens with one attached hydrogen (secondary N) is 1. The lowest BCUT2D eigenvalue weighted by Crippen LogP contribution is -2.19. The molecule has 0 saturated carbocycles. The molecule has 16 heavy (non-hydrogen) atoms. The van der Waals surface area contributed by atoms with Gasteiger partial charge in [0.25, 0.3) is 0 Å². The normalized spacial score (nSPS) is 12.6. The molecule has 1 unspecified atom stereocenters. The molecule has 0 aliphatic carbocycles. The quantitative estimate of drug-likeness (QED) is 0.825. The molecule has 1 rings (SSSR count). The SMILES string of the molecule is CNCCC(C)Oc1cc(C)c(C)cc1C. The van der Waals surface area contributed by atoms with Gasteiger partial charge in [-0.05, 0) is 70.5 Å². The molecule has 1 atom stereocenters. The third kappa shape index (κ3) is 3.53. The van der Waals surface area contributed by atoms with E-state index in [1.54, 1.807) is 0 Å². The van der Waals surface area contributed by atoms with Crippen LogP contribution in [0.4, 0.5) is 0 Å². The molecular weight excluding hydrogens is 198 g/mol. The van der Waals surface area contributed by atoms with Crippen LogP contribution in [0, 0.1) is 20.8 Å². The summed E-state index contributed by atoms with van der Waals surface area (Å²) in [4.78, 5) is 0. The summed E-state index contributed by atoms with van der Waals surface area (Å²) >= 11 is 0. The number of aryl methyl sites for hydroxylation is 3. The largest absolute Gasteiger partial charge is 0.490 e.